The fraction of sp³-hybridized carbons (Fsp3) is 0.385. The number of carbonyl (C=O) groups is 2. The molecule has 1 aliphatic carbocycles. The minimum absolute atomic E-state index is 0.0699. The van der Waals surface area contributed by atoms with Crippen molar-refractivity contribution in [2.45, 2.75) is 19.3 Å². The number of aliphatic hydroxyl groups is 1. The number of carboxylic acids is 1. The summed E-state index contributed by atoms with van der Waals surface area (Å²) in [5.41, 5.74) is 0.363. The summed E-state index contributed by atoms with van der Waals surface area (Å²) in [6.07, 6.45) is 4.50. The Morgan fingerprint density at radius 2 is 1.56 bits per heavy atom. The van der Waals surface area contributed by atoms with Gasteiger partial charge < -0.3 is 14.9 Å². The van der Waals surface area contributed by atoms with Crippen LogP contribution in [-0.4, -0.2) is 35.4 Å². The monoisotopic (exact) mass is 252 g/mol. The van der Waals surface area contributed by atoms with E-state index in [1.54, 1.807) is 0 Å². The maximum absolute atomic E-state index is 11.2. The lowest BCUT2D eigenvalue weighted by atomic mass is 10.1. The highest BCUT2D eigenvalue weighted by molar-refractivity contribution is 5.92. The molecule has 0 bridgehead atoms. The Morgan fingerprint density at radius 3 is 1.94 bits per heavy atom. The molecule has 1 aromatic rings. The molecule has 0 radical (unpaired) electrons. The summed E-state index contributed by atoms with van der Waals surface area (Å²) in [7, 11) is 0. The number of esters is 1. The number of carbonyl (C=O) groups excluding carboxylic acids is 1. The van der Waals surface area contributed by atoms with E-state index in [-0.39, 0.29) is 24.3 Å². The van der Waals surface area contributed by atoms with Gasteiger partial charge in [0.25, 0.3) is 0 Å². The number of aromatic carboxylic acids is 1. The van der Waals surface area contributed by atoms with Crippen LogP contribution in [0.15, 0.2) is 24.3 Å². The minimum Gasteiger partial charge on any atom is -0.478 e. The molecule has 0 atom stereocenters. The fourth-order valence-electron chi connectivity index (χ4n) is 0.971. The molecule has 1 aromatic carbocycles. The summed E-state index contributed by atoms with van der Waals surface area (Å²) >= 11 is 0. The van der Waals surface area contributed by atoms with Gasteiger partial charge in [0, 0.05) is 0 Å². The second-order valence-electron chi connectivity index (χ2n) is 3.80. The molecule has 2 rings (SSSR count). The standard InChI is InChI=1S/C10H10O5.C3H6/c11-5-6-15-10(14)8-3-1-7(2-4-8)9(12)13;1-2-3-1/h1-4,11H,5-6H2,(H,12,13);1-3H2. The first-order valence-corrected chi connectivity index (χ1v) is 5.76. The summed E-state index contributed by atoms with van der Waals surface area (Å²) < 4.78 is 4.64. The van der Waals surface area contributed by atoms with Crippen molar-refractivity contribution in [2.75, 3.05) is 13.2 Å². The molecule has 18 heavy (non-hydrogen) atoms. The van der Waals surface area contributed by atoms with E-state index in [2.05, 4.69) is 4.74 Å². The third kappa shape index (κ3) is 5.45. The molecule has 2 N–H and O–H groups in total. The van der Waals surface area contributed by atoms with Crippen LogP contribution in [-0.2, 0) is 4.74 Å². The molecular weight excluding hydrogens is 236 g/mol. The van der Waals surface area contributed by atoms with E-state index in [0.717, 1.165) is 0 Å². The maximum Gasteiger partial charge on any atom is 0.338 e. The predicted octanol–water partition coefficient (Wildman–Crippen LogP) is 1.70. The van der Waals surface area contributed by atoms with Crippen molar-refractivity contribution in [3.63, 3.8) is 0 Å². The molecule has 98 valence electrons. The van der Waals surface area contributed by atoms with Crippen LogP contribution in [0, 0.1) is 0 Å². The van der Waals surface area contributed by atoms with Crippen LogP contribution in [0.25, 0.3) is 0 Å². The van der Waals surface area contributed by atoms with E-state index in [0.29, 0.717) is 0 Å². The van der Waals surface area contributed by atoms with E-state index in [4.69, 9.17) is 10.2 Å². The Hall–Kier alpha value is -1.88. The Kier molecular flexibility index (Phi) is 5.87. The van der Waals surface area contributed by atoms with Crippen molar-refractivity contribution in [2.24, 2.45) is 0 Å². The Labute approximate surface area is 105 Å². The van der Waals surface area contributed by atoms with Gasteiger partial charge in [-0.3, -0.25) is 0 Å². The lowest BCUT2D eigenvalue weighted by molar-refractivity contribution is 0.0433. The number of aliphatic hydroxyl groups excluding tert-OH is 1. The molecule has 0 amide bonds. The van der Waals surface area contributed by atoms with E-state index in [9.17, 15) is 9.59 Å². The van der Waals surface area contributed by atoms with Crippen LogP contribution in [0.1, 0.15) is 40.0 Å². The van der Waals surface area contributed by atoms with Gasteiger partial charge in [-0.25, -0.2) is 9.59 Å². The third-order valence-corrected chi connectivity index (χ3v) is 2.05. The summed E-state index contributed by atoms with van der Waals surface area (Å²) in [4.78, 5) is 21.7. The zero-order valence-corrected chi connectivity index (χ0v) is 9.96. The first-order chi connectivity index (χ1) is 8.65. The molecule has 0 spiro atoms. The van der Waals surface area contributed by atoms with Crippen molar-refractivity contribution >= 4 is 11.9 Å². The van der Waals surface area contributed by atoms with Gasteiger partial charge in [0.15, 0.2) is 0 Å². The summed E-state index contributed by atoms with van der Waals surface area (Å²) in [6, 6.07) is 5.36. The highest BCUT2D eigenvalue weighted by Gasteiger charge is 2.08. The van der Waals surface area contributed by atoms with Gasteiger partial charge in [0.05, 0.1) is 17.7 Å². The SMILES string of the molecule is C1CC1.O=C(O)c1ccc(C(=O)OCCO)cc1. The zero-order valence-electron chi connectivity index (χ0n) is 9.96. The molecule has 0 aromatic heterocycles. The van der Waals surface area contributed by atoms with Crippen molar-refractivity contribution in [1.29, 1.82) is 0 Å². The summed E-state index contributed by atoms with van der Waals surface area (Å²) in [5, 5.41) is 17.0. The van der Waals surface area contributed by atoms with Crippen LogP contribution in [0.2, 0.25) is 0 Å². The molecule has 5 heteroatoms. The molecule has 0 heterocycles. The molecular formula is C13H16O5. The van der Waals surface area contributed by atoms with Gasteiger partial charge in [0.2, 0.25) is 0 Å². The van der Waals surface area contributed by atoms with Gasteiger partial charge in [0.1, 0.15) is 6.61 Å². The molecule has 5 nitrogen and oxygen atoms in total. The number of rotatable bonds is 4. The number of benzene rings is 1. The highest BCUT2D eigenvalue weighted by Crippen LogP contribution is 2.14. The summed E-state index contributed by atoms with van der Waals surface area (Å²) in [5.74, 6) is -1.63. The fourth-order valence-corrected chi connectivity index (χ4v) is 0.971. The maximum atomic E-state index is 11.2. The molecule has 0 unspecified atom stereocenters. The minimum atomic E-state index is -1.05. The van der Waals surface area contributed by atoms with Crippen LogP contribution in [0.4, 0.5) is 0 Å². The average molecular weight is 252 g/mol. The Balaban J connectivity index is 0.000000468. The van der Waals surface area contributed by atoms with Gasteiger partial charge in [-0.15, -0.1) is 0 Å². The van der Waals surface area contributed by atoms with Crippen molar-refractivity contribution in [1.82, 2.24) is 0 Å². The largest absolute Gasteiger partial charge is 0.478 e. The third-order valence-electron chi connectivity index (χ3n) is 2.05. The second-order valence-corrected chi connectivity index (χ2v) is 3.80. The van der Waals surface area contributed by atoms with E-state index in [1.165, 1.54) is 43.5 Å². The number of ether oxygens (including phenoxy) is 1. The number of hydrogen-bond donors (Lipinski definition) is 2. The van der Waals surface area contributed by atoms with Gasteiger partial charge >= 0.3 is 11.9 Å². The molecule has 1 saturated carbocycles. The topological polar surface area (TPSA) is 83.8 Å². The molecule has 1 aliphatic rings. The van der Waals surface area contributed by atoms with Crippen molar-refractivity contribution in [3.8, 4) is 0 Å². The quantitative estimate of drug-likeness (QED) is 0.797. The summed E-state index contributed by atoms with van der Waals surface area (Å²) in [6.45, 7) is -0.307. The van der Waals surface area contributed by atoms with Crippen LogP contribution in [0.3, 0.4) is 0 Å². The van der Waals surface area contributed by atoms with Gasteiger partial charge in [-0.1, -0.05) is 19.3 Å². The smallest absolute Gasteiger partial charge is 0.338 e. The van der Waals surface area contributed by atoms with E-state index in [1.807, 2.05) is 0 Å². The highest BCUT2D eigenvalue weighted by atomic mass is 16.5. The first-order valence-electron chi connectivity index (χ1n) is 5.76. The first kappa shape index (κ1) is 14.2. The van der Waals surface area contributed by atoms with Crippen LogP contribution in [0.5, 0.6) is 0 Å². The Bertz CT molecular complexity index is 392. The van der Waals surface area contributed by atoms with Crippen molar-refractivity contribution < 1.29 is 24.5 Å². The lowest BCUT2D eigenvalue weighted by Gasteiger charge is -2.02. The molecule has 1 fully saturated rings. The van der Waals surface area contributed by atoms with Gasteiger partial charge in [-0.05, 0) is 24.3 Å². The molecule has 0 saturated heterocycles. The molecule has 0 aliphatic heterocycles. The predicted molar refractivity (Wildman–Crippen MR) is 64.6 cm³/mol. The average Bonchev–Trinajstić information content (AvgIpc) is 3.24. The number of carboxylic acid groups (broad SMARTS) is 1. The lowest BCUT2D eigenvalue weighted by Crippen LogP contribution is -2.09. The van der Waals surface area contributed by atoms with Crippen LogP contribution < -0.4 is 0 Å². The zero-order chi connectivity index (χ0) is 13.4. The Morgan fingerprint density at radius 1 is 1.06 bits per heavy atom. The normalized spacial score (nSPS) is 12.1. The van der Waals surface area contributed by atoms with E-state index < -0.39 is 11.9 Å². The van der Waals surface area contributed by atoms with Gasteiger partial charge in [-0.2, -0.15) is 0 Å². The second kappa shape index (κ2) is 7.45. The van der Waals surface area contributed by atoms with Crippen LogP contribution >= 0.6 is 0 Å². The van der Waals surface area contributed by atoms with Crippen molar-refractivity contribution in [3.05, 3.63) is 35.4 Å². The van der Waals surface area contributed by atoms with E-state index >= 15 is 0 Å². The number of hydrogen-bond acceptors (Lipinski definition) is 4.